The Bertz CT molecular complexity index is 1310. The second kappa shape index (κ2) is 14.4. The number of para-hydroxylation sites is 1. The van der Waals surface area contributed by atoms with Gasteiger partial charge in [-0.05, 0) is 68.3 Å². The zero-order chi connectivity index (χ0) is 27.3. The highest BCUT2D eigenvalue weighted by Gasteiger charge is 2.12. The standard InChI is InChI=1S/C31H36N6O2/c1-23-28(32-21-11-3-2-4-12-22-33-30(39)24-13-7-5-8-14-24)36-31(35-26-17-19-27(38)20-18-26)37-29(23)34-25-15-9-6-10-16-25/h5-10,13-20,38H,2-4,11-12,21-22H2,1H3,(H,33,39)(H3,32,34,35,36,37). The predicted octanol–water partition coefficient (Wildman–Crippen LogP) is 6.77. The van der Waals surface area contributed by atoms with Crippen LogP contribution in [0.25, 0.3) is 0 Å². The van der Waals surface area contributed by atoms with Crippen molar-refractivity contribution in [1.29, 1.82) is 0 Å². The molecule has 202 valence electrons. The van der Waals surface area contributed by atoms with E-state index in [1.807, 2.05) is 67.6 Å². The van der Waals surface area contributed by atoms with Crippen molar-refractivity contribution < 1.29 is 9.90 Å². The molecule has 4 aromatic rings. The highest BCUT2D eigenvalue weighted by atomic mass is 16.3. The van der Waals surface area contributed by atoms with Crippen molar-refractivity contribution in [2.24, 2.45) is 0 Å². The van der Waals surface area contributed by atoms with Crippen LogP contribution in [-0.2, 0) is 0 Å². The van der Waals surface area contributed by atoms with Crippen LogP contribution in [0.4, 0.5) is 29.0 Å². The van der Waals surface area contributed by atoms with Gasteiger partial charge in [0.05, 0.1) is 0 Å². The lowest BCUT2D eigenvalue weighted by Crippen LogP contribution is -2.24. The smallest absolute Gasteiger partial charge is 0.251 e. The van der Waals surface area contributed by atoms with Gasteiger partial charge in [-0.25, -0.2) is 0 Å². The number of unbranched alkanes of at least 4 members (excludes halogenated alkanes) is 4. The van der Waals surface area contributed by atoms with Gasteiger partial charge < -0.3 is 26.4 Å². The Kier molecular flexibility index (Phi) is 10.1. The van der Waals surface area contributed by atoms with Crippen LogP contribution in [0.1, 0.15) is 48.0 Å². The number of nitrogens with zero attached hydrogens (tertiary/aromatic N) is 2. The lowest BCUT2D eigenvalue weighted by molar-refractivity contribution is 0.0953. The molecule has 3 aromatic carbocycles. The molecule has 0 saturated heterocycles. The monoisotopic (exact) mass is 524 g/mol. The van der Waals surface area contributed by atoms with Crippen LogP contribution in [0.15, 0.2) is 84.9 Å². The third kappa shape index (κ3) is 8.74. The molecule has 0 aliphatic carbocycles. The van der Waals surface area contributed by atoms with Gasteiger partial charge >= 0.3 is 0 Å². The maximum Gasteiger partial charge on any atom is 0.251 e. The minimum absolute atomic E-state index is 0.0135. The average molecular weight is 525 g/mol. The summed E-state index contributed by atoms with van der Waals surface area (Å²) in [4.78, 5) is 21.5. The van der Waals surface area contributed by atoms with Crippen LogP contribution in [0, 0.1) is 6.92 Å². The summed E-state index contributed by atoms with van der Waals surface area (Å²) in [6, 6.07) is 26.0. The van der Waals surface area contributed by atoms with E-state index in [0.717, 1.165) is 67.2 Å². The second-order valence-electron chi connectivity index (χ2n) is 9.35. The summed E-state index contributed by atoms with van der Waals surface area (Å²) < 4.78 is 0. The molecule has 0 fully saturated rings. The highest BCUT2D eigenvalue weighted by molar-refractivity contribution is 5.94. The molecule has 4 rings (SSSR count). The summed E-state index contributed by atoms with van der Waals surface area (Å²) in [6.07, 6.45) is 5.27. The minimum Gasteiger partial charge on any atom is -0.508 e. The molecule has 0 radical (unpaired) electrons. The fourth-order valence-electron chi connectivity index (χ4n) is 4.08. The van der Waals surface area contributed by atoms with Crippen LogP contribution in [0.5, 0.6) is 5.75 Å². The second-order valence-corrected chi connectivity index (χ2v) is 9.35. The number of aromatic hydroxyl groups is 1. The van der Waals surface area contributed by atoms with Gasteiger partial charge in [0.2, 0.25) is 5.95 Å². The maximum absolute atomic E-state index is 12.1. The van der Waals surface area contributed by atoms with Gasteiger partial charge in [-0.3, -0.25) is 4.79 Å². The summed E-state index contributed by atoms with van der Waals surface area (Å²) in [5.74, 6) is 2.15. The van der Waals surface area contributed by atoms with E-state index in [2.05, 4.69) is 21.3 Å². The number of hydrogen-bond acceptors (Lipinski definition) is 7. The van der Waals surface area contributed by atoms with Crippen molar-refractivity contribution in [3.8, 4) is 5.75 Å². The van der Waals surface area contributed by atoms with Gasteiger partial charge in [0.25, 0.3) is 5.91 Å². The molecule has 1 heterocycles. The van der Waals surface area contributed by atoms with Crippen LogP contribution in [0.3, 0.4) is 0 Å². The van der Waals surface area contributed by atoms with E-state index in [9.17, 15) is 9.90 Å². The van der Waals surface area contributed by atoms with E-state index in [4.69, 9.17) is 9.97 Å². The molecule has 0 aliphatic rings. The molecular weight excluding hydrogens is 488 g/mol. The number of hydrogen-bond donors (Lipinski definition) is 5. The Morgan fingerprint density at radius 3 is 2.00 bits per heavy atom. The number of anilines is 5. The van der Waals surface area contributed by atoms with Crippen molar-refractivity contribution in [2.75, 3.05) is 29.0 Å². The third-order valence-electron chi connectivity index (χ3n) is 6.27. The fraction of sp³-hybridized carbons (Fsp3) is 0.258. The summed E-state index contributed by atoms with van der Waals surface area (Å²) in [6.45, 7) is 3.49. The molecule has 8 nitrogen and oxygen atoms in total. The first-order valence-corrected chi connectivity index (χ1v) is 13.4. The topological polar surface area (TPSA) is 111 Å². The fourth-order valence-corrected chi connectivity index (χ4v) is 4.08. The third-order valence-corrected chi connectivity index (χ3v) is 6.27. The normalized spacial score (nSPS) is 10.6. The van der Waals surface area contributed by atoms with Gasteiger partial charge in [0.1, 0.15) is 17.4 Å². The van der Waals surface area contributed by atoms with Crippen LogP contribution >= 0.6 is 0 Å². The SMILES string of the molecule is Cc1c(NCCCCCCCNC(=O)c2ccccc2)nc(Nc2ccc(O)cc2)nc1Nc1ccccc1. The number of rotatable bonds is 14. The first-order valence-electron chi connectivity index (χ1n) is 13.4. The Balaban J connectivity index is 1.26. The number of amides is 1. The number of carbonyl (C=O) groups excluding carboxylic acids is 1. The van der Waals surface area contributed by atoms with Gasteiger partial charge in [-0.2, -0.15) is 9.97 Å². The van der Waals surface area contributed by atoms with Crippen molar-refractivity contribution in [2.45, 2.75) is 39.0 Å². The lowest BCUT2D eigenvalue weighted by Gasteiger charge is -2.16. The quantitative estimate of drug-likeness (QED) is 0.0914. The van der Waals surface area contributed by atoms with Gasteiger partial charge in [0.15, 0.2) is 0 Å². The molecule has 39 heavy (non-hydrogen) atoms. The van der Waals surface area contributed by atoms with Gasteiger partial charge in [-0.1, -0.05) is 55.7 Å². The molecule has 0 aliphatic heterocycles. The molecule has 0 atom stereocenters. The zero-order valence-corrected chi connectivity index (χ0v) is 22.3. The van der Waals surface area contributed by atoms with Crippen molar-refractivity contribution in [1.82, 2.24) is 15.3 Å². The van der Waals surface area contributed by atoms with Crippen molar-refractivity contribution >= 4 is 34.9 Å². The molecule has 1 aromatic heterocycles. The summed E-state index contributed by atoms with van der Waals surface area (Å²) >= 11 is 0. The number of aromatic nitrogens is 2. The number of carbonyl (C=O) groups is 1. The highest BCUT2D eigenvalue weighted by Crippen LogP contribution is 2.27. The van der Waals surface area contributed by atoms with E-state index in [-0.39, 0.29) is 11.7 Å². The van der Waals surface area contributed by atoms with E-state index in [1.165, 1.54) is 0 Å². The van der Waals surface area contributed by atoms with E-state index < -0.39 is 0 Å². The molecule has 0 saturated carbocycles. The zero-order valence-electron chi connectivity index (χ0n) is 22.3. The summed E-state index contributed by atoms with van der Waals surface area (Å²) in [7, 11) is 0. The van der Waals surface area contributed by atoms with Gasteiger partial charge in [0, 0.05) is 35.6 Å². The molecule has 0 unspecified atom stereocenters. The Morgan fingerprint density at radius 1 is 0.692 bits per heavy atom. The number of benzene rings is 3. The Hall–Kier alpha value is -4.59. The van der Waals surface area contributed by atoms with E-state index >= 15 is 0 Å². The van der Waals surface area contributed by atoms with Crippen molar-refractivity contribution in [3.05, 3.63) is 96.1 Å². The van der Waals surface area contributed by atoms with Crippen LogP contribution < -0.4 is 21.3 Å². The first kappa shape index (κ1) is 27.4. The summed E-state index contributed by atoms with van der Waals surface area (Å²) in [5, 5.41) is 22.7. The Morgan fingerprint density at radius 2 is 1.28 bits per heavy atom. The van der Waals surface area contributed by atoms with Crippen LogP contribution in [-0.4, -0.2) is 34.1 Å². The van der Waals surface area contributed by atoms with E-state index in [0.29, 0.717) is 18.1 Å². The first-order chi connectivity index (χ1) is 19.1. The summed E-state index contributed by atoms with van der Waals surface area (Å²) in [5.41, 5.74) is 3.37. The number of phenolic OH excluding ortho intramolecular Hbond substituents is 1. The largest absolute Gasteiger partial charge is 0.508 e. The van der Waals surface area contributed by atoms with Crippen molar-refractivity contribution in [3.63, 3.8) is 0 Å². The van der Waals surface area contributed by atoms with Gasteiger partial charge in [-0.15, -0.1) is 0 Å². The average Bonchev–Trinajstić information content (AvgIpc) is 2.96. The number of phenols is 1. The minimum atomic E-state index is -0.0135. The molecule has 5 N–H and O–H groups in total. The molecule has 0 spiro atoms. The lowest BCUT2D eigenvalue weighted by atomic mass is 10.1. The maximum atomic E-state index is 12.1. The molecule has 1 amide bonds. The number of nitrogens with one attached hydrogen (secondary N) is 4. The van der Waals surface area contributed by atoms with E-state index in [1.54, 1.807) is 24.3 Å². The molecule has 8 heteroatoms. The predicted molar refractivity (Wildman–Crippen MR) is 158 cm³/mol. The van der Waals surface area contributed by atoms with Crippen LogP contribution in [0.2, 0.25) is 0 Å². The molecule has 0 bridgehead atoms. The molecular formula is C31H36N6O2. The Labute approximate surface area is 229 Å².